The Morgan fingerprint density at radius 2 is 2.00 bits per heavy atom. The number of likely N-dealkylation sites (N-methyl/N-ethyl adjacent to an activating group) is 1. The minimum Gasteiger partial charge on any atom is -0.479 e. The molecule has 2 rings (SSSR count). The molecule has 2 amide bonds. The van der Waals surface area contributed by atoms with Crippen LogP contribution in [-0.2, 0) is 19.1 Å². The Bertz CT molecular complexity index is 877. The molecule has 31 heavy (non-hydrogen) atoms. The molecule has 0 radical (unpaired) electrons. The van der Waals surface area contributed by atoms with Crippen molar-refractivity contribution >= 4 is 23.6 Å². The summed E-state index contributed by atoms with van der Waals surface area (Å²) in [6, 6.07) is -1.93. The van der Waals surface area contributed by atoms with Gasteiger partial charge in [0.1, 0.15) is 24.1 Å². The van der Waals surface area contributed by atoms with Crippen LogP contribution in [0.1, 0.15) is 6.23 Å². The van der Waals surface area contributed by atoms with Crippen molar-refractivity contribution in [1.82, 2.24) is 25.5 Å². The fourth-order valence-corrected chi connectivity index (χ4v) is 2.96. The highest BCUT2D eigenvalue weighted by Gasteiger charge is 2.49. The van der Waals surface area contributed by atoms with Gasteiger partial charge in [0.25, 0.3) is 0 Å². The van der Waals surface area contributed by atoms with Crippen LogP contribution in [0.15, 0.2) is 17.1 Å². The number of aromatic nitrogens is 2. The maximum absolute atomic E-state index is 12.4. The van der Waals surface area contributed by atoms with Crippen molar-refractivity contribution in [2.45, 2.75) is 36.6 Å². The second kappa shape index (κ2) is 10.3. The van der Waals surface area contributed by atoms with Gasteiger partial charge in [0, 0.05) is 6.20 Å². The molecule has 0 aromatic carbocycles. The fraction of sp³-hybridized carbons (Fsp3) is 0.562. The van der Waals surface area contributed by atoms with Gasteiger partial charge in [0.15, 0.2) is 12.3 Å². The molecule has 1 aromatic rings. The summed E-state index contributed by atoms with van der Waals surface area (Å²) in [5, 5.41) is 46.7. The summed E-state index contributed by atoms with van der Waals surface area (Å²) >= 11 is 0. The highest BCUT2D eigenvalue weighted by atomic mass is 16.6. The molecule has 1 fully saturated rings. The van der Waals surface area contributed by atoms with Gasteiger partial charge in [-0.05, 0) is 13.1 Å². The average molecular weight is 444 g/mol. The molecule has 0 aliphatic carbocycles. The Morgan fingerprint density at radius 1 is 1.32 bits per heavy atom. The molecule has 0 unspecified atom stereocenters. The number of nitrogen functional groups attached to an aromatic ring is 1. The molecule has 0 saturated carbocycles. The molecule has 0 bridgehead atoms. The Labute approximate surface area is 174 Å². The van der Waals surface area contributed by atoms with Crippen LogP contribution in [0.5, 0.6) is 0 Å². The Hall–Kier alpha value is -3.11. The van der Waals surface area contributed by atoms with E-state index in [1.54, 1.807) is 0 Å². The third-order valence-electron chi connectivity index (χ3n) is 4.47. The van der Waals surface area contributed by atoms with Crippen molar-refractivity contribution in [2.24, 2.45) is 0 Å². The van der Waals surface area contributed by atoms with Gasteiger partial charge in [-0.1, -0.05) is 0 Å². The first kappa shape index (κ1) is 24.2. The van der Waals surface area contributed by atoms with E-state index >= 15 is 0 Å². The van der Waals surface area contributed by atoms with E-state index in [1.165, 1.54) is 13.1 Å². The molecule has 6 atom stereocenters. The maximum Gasteiger partial charge on any atom is 0.351 e. The number of anilines is 1. The van der Waals surface area contributed by atoms with Gasteiger partial charge in [-0.3, -0.25) is 14.2 Å². The lowest BCUT2D eigenvalue weighted by Crippen LogP contribution is -2.66. The summed E-state index contributed by atoms with van der Waals surface area (Å²) in [7, 11) is 1.49. The number of ether oxygens (including phenoxy) is 1. The largest absolute Gasteiger partial charge is 0.479 e. The molecule has 2 heterocycles. The summed E-state index contributed by atoms with van der Waals surface area (Å²) in [6.45, 7) is -0.970. The molecule has 15 nitrogen and oxygen atoms in total. The number of rotatable bonds is 8. The quantitative estimate of drug-likeness (QED) is 0.188. The number of carboxylic acid groups (broad SMARTS) is 1. The van der Waals surface area contributed by atoms with Crippen LogP contribution in [0, 0.1) is 0 Å². The van der Waals surface area contributed by atoms with Crippen molar-refractivity contribution in [3.8, 4) is 0 Å². The lowest BCUT2D eigenvalue weighted by molar-refractivity contribution is -0.221. The van der Waals surface area contributed by atoms with Crippen molar-refractivity contribution in [1.29, 1.82) is 0 Å². The third-order valence-corrected chi connectivity index (χ3v) is 4.47. The number of carbonyl (C=O) groups is 3. The molecular weight excluding hydrogens is 420 g/mol. The number of amides is 2. The number of aliphatic carboxylic acids is 1. The van der Waals surface area contributed by atoms with Crippen LogP contribution in [0.4, 0.5) is 5.82 Å². The molecule has 1 aromatic heterocycles. The number of carboxylic acids is 1. The van der Waals surface area contributed by atoms with Crippen LogP contribution in [0.25, 0.3) is 0 Å². The molecule has 0 spiro atoms. The van der Waals surface area contributed by atoms with Crippen LogP contribution in [-0.4, -0.2) is 98.4 Å². The first-order valence-corrected chi connectivity index (χ1v) is 9.05. The van der Waals surface area contributed by atoms with Gasteiger partial charge in [0.05, 0.1) is 19.2 Å². The maximum atomic E-state index is 12.4. The summed E-state index contributed by atoms with van der Waals surface area (Å²) in [5.41, 5.74) is 4.43. The van der Waals surface area contributed by atoms with Crippen molar-refractivity contribution < 1.29 is 39.5 Å². The van der Waals surface area contributed by atoms with E-state index in [-0.39, 0.29) is 12.4 Å². The van der Waals surface area contributed by atoms with Crippen LogP contribution < -0.4 is 27.4 Å². The zero-order chi connectivity index (χ0) is 23.3. The number of nitrogens with one attached hydrogen (secondary N) is 3. The Balaban J connectivity index is 2.24. The molecule has 172 valence electrons. The minimum absolute atomic E-state index is 0.123. The molecule has 9 N–H and O–H groups in total. The van der Waals surface area contributed by atoms with E-state index in [1.807, 2.05) is 0 Å². The Morgan fingerprint density at radius 3 is 2.55 bits per heavy atom. The summed E-state index contributed by atoms with van der Waals surface area (Å²) in [5.74, 6) is -3.38. The predicted molar refractivity (Wildman–Crippen MR) is 101 cm³/mol. The van der Waals surface area contributed by atoms with E-state index in [4.69, 9.17) is 10.5 Å². The van der Waals surface area contributed by atoms with Crippen LogP contribution in [0.3, 0.4) is 0 Å². The van der Waals surface area contributed by atoms with Crippen LogP contribution in [0.2, 0.25) is 0 Å². The van der Waals surface area contributed by atoms with Gasteiger partial charge in [-0.2, -0.15) is 4.98 Å². The van der Waals surface area contributed by atoms with E-state index in [9.17, 15) is 39.6 Å². The van der Waals surface area contributed by atoms with Gasteiger partial charge in [0.2, 0.25) is 11.8 Å². The lowest BCUT2D eigenvalue weighted by atomic mass is 9.94. The van der Waals surface area contributed by atoms with Gasteiger partial charge < -0.3 is 46.8 Å². The van der Waals surface area contributed by atoms with E-state index in [2.05, 4.69) is 20.9 Å². The molecule has 15 heteroatoms. The van der Waals surface area contributed by atoms with Crippen molar-refractivity contribution in [2.75, 3.05) is 25.9 Å². The number of hydrogen-bond acceptors (Lipinski definition) is 11. The zero-order valence-electron chi connectivity index (χ0n) is 16.3. The highest BCUT2D eigenvalue weighted by molar-refractivity contribution is 5.89. The van der Waals surface area contributed by atoms with E-state index in [0.29, 0.717) is 0 Å². The van der Waals surface area contributed by atoms with E-state index < -0.39 is 66.7 Å². The zero-order valence-corrected chi connectivity index (χ0v) is 16.3. The predicted octanol–water partition coefficient (Wildman–Crippen LogP) is -5.29. The minimum atomic E-state index is -1.90. The normalized spacial score (nSPS) is 26.6. The lowest BCUT2D eigenvalue weighted by Gasteiger charge is -2.42. The average Bonchev–Trinajstić information content (AvgIpc) is 2.70. The number of hydrogen-bond donors (Lipinski definition) is 8. The SMILES string of the molecule is CNCC(=O)N[C@H](CO)C(=O)N[C@H]1[C@H](O)[C@@H](O)[C@H](n2ccc(N)nc2=O)O[C@@H]1C(=O)O. The Kier molecular flexibility index (Phi) is 8.01. The number of carbonyl (C=O) groups excluding carboxylic acids is 2. The second-order valence-electron chi connectivity index (χ2n) is 6.68. The molecular formula is C16H24N6O9. The highest BCUT2D eigenvalue weighted by Crippen LogP contribution is 2.28. The second-order valence-corrected chi connectivity index (χ2v) is 6.68. The van der Waals surface area contributed by atoms with Gasteiger partial charge in [-0.15, -0.1) is 0 Å². The van der Waals surface area contributed by atoms with Crippen LogP contribution >= 0.6 is 0 Å². The summed E-state index contributed by atoms with van der Waals surface area (Å²) < 4.78 is 6.02. The molecule has 1 aliphatic heterocycles. The van der Waals surface area contributed by atoms with Gasteiger partial charge in [-0.25, -0.2) is 9.59 Å². The first-order chi connectivity index (χ1) is 14.6. The van der Waals surface area contributed by atoms with Gasteiger partial charge >= 0.3 is 11.7 Å². The number of aliphatic hydroxyl groups is 3. The van der Waals surface area contributed by atoms with Crippen molar-refractivity contribution in [3.05, 3.63) is 22.7 Å². The number of aliphatic hydroxyl groups excluding tert-OH is 3. The molecule has 1 aliphatic rings. The van der Waals surface area contributed by atoms with Crippen molar-refractivity contribution in [3.63, 3.8) is 0 Å². The number of nitrogens with zero attached hydrogens (tertiary/aromatic N) is 2. The summed E-state index contributed by atoms with van der Waals surface area (Å²) in [6.07, 6.45) is -6.20. The molecule has 1 saturated heterocycles. The topological polar surface area (TPSA) is 238 Å². The third kappa shape index (κ3) is 5.53. The monoisotopic (exact) mass is 444 g/mol. The summed E-state index contributed by atoms with van der Waals surface area (Å²) in [4.78, 5) is 51.2. The standard InChI is InChI=1S/C16H24N6O9/c1-18-4-8(24)19-6(5-23)13(27)21-9-10(25)11(26)14(31-12(9)15(28)29)22-3-2-7(17)20-16(22)30/h2-3,6,9-12,14,18,23,25-26H,4-5H2,1H3,(H,19,24)(H,21,27)(H,28,29)(H2,17,20,30)/t6-,9+,10+,11-,12+,14-/m1/s1. The van der Waals surface area contributed by atoms with E-state index in [0.717, 1.165) is 10.8 Å². The first-order valence-electron chi connectivity index (χ1n) is 9.05. The number of nitrogens with two attached hydrogens (primary N) is 1. The fourth-order valence-electron chi connectivity index (χ4n) is 2.96. The smallest absolute Gasteiger partial charge is 0.351 e.